The molecule has 3 aromatic rings. The van der Waals surface area contributed by atoms with E-state index in [9.17, 15) is 9.18 Å². The maximum atomic E-state index is 13.6. The number of morpholine rings is 1. The van der Waals surface area contributed by atoms with Crippen LogP contribution in [0.15, 0.2) is 40.1 Å². The monoisotopic (exact) mass is 431 g/mol. The number of benzene rings is 1. The third-order valence-electron chi connectivity index (χ3n) is 5.49. The number of hydrogen-bond acceptors (Lipinski definition) is 5. The average molecular weight is 432 g/mol. The molecule has 0 radical (unpaired) electrons. The minimum absolute atomic E-state index is 0.117. The maximum Gasteiger partial charge on any atom is 0.315 e. The largest absolute Gasteiger partial charge is 0.459 e. The van der Waals surface area contributed by atoms with Crippen LogP contribution in [0.5, 0.6) is 0 Å². The number of nitrogens with one attached hydrogen (secondary N) is 2. The smallest absolute Gasteiger partial charge is 0.315 e. The molecule has 1 aromatic carbocycles. The maximum absolute atomic E-state index is 13.6. The first-order chi connectivity index (χ1) is 14.5. The predicted octanol–water partition coefficient (Wildman–Crippen LogP) is 4.38. The summed E-state index contributed by atoms with van der Waals surface area (Å²) in [6.07, 6.45) is 0. The topological polar surface area (TPSA) is 66.7 Å². The Labute approximate surface area is 179 Å². The van der Waals surface area contributed by atoms with Crippen LogP contribution in [0.3, 0.4) is 0 Å². The normalized spacial score (nSPS) is 17.0. The van der Waals surface area contributed by atoms with Crippen LogP contribution in [0, 0.1) is 12.7 Å². The molecule has 4 rings (SSSR count). The van der Waals surface area contributed by atoms with E-state index in [2.05, 4.69) is 27.0 Å². The molecular weight excluding hydrogens is 405 g/mol. The van der Waals surface area contributed by atoms with Crippen molar-refractivity contribution in [1.82, 2.24) is 15.5 Å². The molecule has 1 fully saturated rings. The molecule has 30 heavy (non-hydrogen) atoms. The molecular formula is C22H26FN3O3S. The van der Waals surface area contributed by atoms with E-state index in [1.807, 2.05) is 19.9 Å². The summed E-state index contributed by atoms with van der Waals surface area (Å²) in [4.78, 5) is 16.2. The Bertz CT molecular complexity index is 999. The van der Waals surface area contributed by atoms with Crippen molar-refractivity contribution in [3.8, 4) is 0 Å². The highest BCUT2D eigenvalue weighted by Gasteiger charge is 2.25. The highest BCUT2D eigenvalue weighted by atomic mass is 32.1. The van der Waals surface area contributed by atoms with Crippen molar-refractivity contribution >= 4 is 28.3 Å². The lowest BCUT2D eigenvalue weighted by Crippen LogP contribution is -2.45. The number of thiophene rings is 1. The Balaban J connectivity index is 1.40. The van der Waals surface area contributed by atoms with Gasteiger partial charge in [0.2, 0.25) is 0 Å². The number of rotatable bonds is 6. The molecule has 6 nitrogen and oxygen atoms in total. The van der Waals surface area contributed by atoms with Gasteiger partial charge in [-0.15, -0.1) is 11.3 Å². The first-order valence-electron chi connectivity index (χ1n) is 10.1. The number of carbonyl (C=O) groups excluding carboxylic acids is 1. The van der Waals surface area contributed by atoms with Gasteiger partial charge in [0.25, 0.3) is 0 Å². The van der Waals surface area contributed by atoms with E-state index in [4.69, 9.17) is 9.15 Å². The Hall–Kier alpha value is -2.42. The van der Waals surface area contributed by atoms with Crippen LogP contribution in [0.25, 0.3) is 11.0 Å². The highest BCUT2D eigenvalue weighted by molar-refractivity contribution is 7.10. The average Bonchev–Trinajstić information content (AvgIpc) is 3.38. The Morgan fingerprint density at radius 1 is 1.30 bits per heavy atom. The number of ether oxygens (including phenoxy) is 1. The van der Waals surface area contributed by atoms with Gasteiger partial charge in [0.1, 0.15) is 17.2 Å². The van der Waals surface area contributed by atoms with E-state index in [0.29, 0.717) is 31.1 Å². The van der Waals surface area contributed by atoms with Gasteiger partial charge in [0.15, 0.2) is 0 Å². The second-order valence-electron chi connectivity index (χ2n) is 7.49. The Morgan fingerprint density at radius 2 is 2.10 bits per heavy atom. The summed E-state index contributed by atoms with van der Waals surface area (Å²) in [5.74, 6) is 0.327. The van der Waals surface area contributed by atoms with Gasteiger partial charge in [-0.2, -0.15) is 0 Å². The van der Waals surface area contributed by atoms with E-state index >= 15 is 0 Å². The number of hydrogen-bond donors (Lipinski definition) is 2. The van der Waals surface area contributed by atoms with Crippen LogP contribution in [0.2, 0.25) is 0 Å². The fourth-order valence-electron chi connectivity index (χ4n) is 3.91. The molecule has 1 aliphatic rings. The molecule has 0 aliphatic carbocycles. The Kier molecular flexibility index (Phi) is 6.36. The van der Waals surface area contributed by atoms with Crippen LogP contribution in [-0.4, -0.2) is 43.8 Å². The van der Waals surface area contributed by atoms with E-state index < -0.39 is 0 Å². The predicted molar refractivity (Wildman–Crippen MR) is 115 cm³/mol. The van der Waals surface area contributed by atoms with Crippen LogP contribution in [0.1, 0.15) is 35.2 Å². The summed E-state index contributed by atoms with van der Waals surface area (Å²) < 4.78 is 24.9. The third-order valence-corrected chi connectivity index (χ3v) is 6.46. The molecule has 2 aromatic heterocycles. The molecule has 1 aliphatic heterocycles. The molecule has 2 N–H and O–H groups in total. The van der Waals surface area contributed by atoms with Crippen molar-refractivity contribution in [3.63, 3.8) is 0 Å². The van der Waals surface area contributed by atoms with Gasteiger partial charge in [-0.05, 0) is 43.5 Å². The van der Waals surface area contributed by atoms with Gasteiger partial charge in [-0.1, -0.05) is 6.07 Å². The van der Waals surface area contributed by atoms with Crippen molar-refractivity contribution < 1.29 is 18.3 Å². The molecule has 1 saturated heterocycles. The minimum Gasteiger partial charge on any atom is -0.459 e. The zero-order chi connectivity index (χ0) is 21.1. The van der Waals surface area contributed by atoms with E-state index in [-0.39, 0.29) is 23.9 Å². The Morgan fingerprint density at radius 3 is 2.83 bits per heavy atom. The summed E-state index contributed by atoms with van der Waals surface area (Å²) >= 11 is 1.69. The van der Waals surface area contributed by atoms with E-state index in [1.54, 1.807) is 17.4 Å². The van der Waals surface area contributed by atoms with E-state index in [0.717, 1.165) is 24.0 Å². The fourth-order valence-corrected chi connectivity index (χ4v) is 4.77. The third kappa shape index (κ3) is 4.50. The number of nitrogens with zero attached hydrogens (tertiary/aromatic N) is 1. The highest BCUT2D eigenvalue weighted by Crippen LogP contribution is 2.30. The number of fused-ring (bicyclic) bond motifs is 1. The zero-order valence-electron chi connectivity index (χ0n) is 17.1. The molecule has 2 amide bonds. The zero-order valence-corrected chi connectivity index (χ0v) is 17.9. The van der Waals surface area contributed by atoms with Gasteiger partial charge in [-0.3, -0.25) is 4.90 Å². The molecule has 3 heterocycles. The minimum atomic E-state index is -0.343. The number of furan rings is 1. The first kappa shape index (κ1) is 20.8. The molecule has 0 bridgehead atoms. The lowest BCUT2D eigenvalue weighted by molar-refractivity contribution is 0.0174. The summed E-state index contributed by atoms with van der Waals surface area (Å²) in [6, 6.07) is 8.08. The SMILES string of the molecule is Cc1c(C(C)NC(=O)NCC(c2cccs2)N2CCOCC2)oc2ccc(F)cc12. The van der Waals surface area contributed by atoms with Crippen molar-refractivity contribution in [3.05, 3.63) is 57.7 Å². The fraction of sp³-hybridized carbons (Fsp3) is 0.409. The van der Waals surface area contributed by atoms with Gasteiger partial charge in [-0.25, -0.2) is 9.18 Å². The lowest BCUT2D eigenvalue weighted by atomic mass is 10.1. The number of carbonyl (C=O) groups is 1. The molecule has 2 unspecified atom stereocenters. The van der Waals surface area contributed by atoms with Crippen molar-refractivity contribution in [1.29, 1.82) is 0 Å². The number of halogens is 1. The second kappa shape index (κ2) is 9.16. The lowest BCUT2D eigenvalue weighted by Gasteiger charge is -2.34. The van der Waals surface area contributed by atoms with Crippen molar-refractivity contribution in [2.75, 3.05) is 32.8 Å². The second-order valence-corrected chi connectivity index (χ2v) is 8.47. The van der Waals surface area contributed by atoms with Crippen LogP contribution in [-0.2, 0) is 4.74 Å². The summed E-state index contributed by atoms with van der Waals surface area (Å²) in [6.45, 7) is 7.34. The van der Waals surface area contributed by atoms with Crippen molar-refractivity contribution in [2.45, 2.75) is 25.9 Å². The van der Waals surface area contributed by atoms with Crippen LogP contribution in [0.4, 0.5) is 9.18 Å². The number of aryl methyl sites for hydroxylation is 1. The van der Waals surface area contributed by atoms with Gasteiger partial charge >= 0.3 is 6.03 Å². The molecule has 0 saturated carbocycles. The molecule has 160 valence electrons. The van der Waals surface area contributed by atoms with E-state index in [1.165, 1.54) is 17.0 Å². The van der Waals surface area contributed by atoms with Gasteiger partial charge in [0, 0.05) is 35.5 Å². The van der Waals surface area contributed by atoms with Crippen molar-refractivity contribution in [2.24, 2.45) is 0 Å². The van der Waals surface area contributed by atoms with Crippen LogP contribution >= 0.6 is 11.3 Å². The molecule has 8 heteroatoms. The number of urea groups is 1. The molecule has 0 spiro atoms. The van der Waals surface area contributed by atoms with Crippen LogP contribution < -0.4 is 10.6 Å². The summed E-state index contributed by atoms with van der Waals surface area (Å²) in [7, 11) is 0. The standard InChI is InChI=1S/C22H26FN3O3S/c1-14-17-12-16(23)5-6-19(17)29-21(14)15(2)25-22(27)24-13-18(20-4-3-11-30-20)26-7-9-28-10-8-26/h3-6,11-12,15,18H,7-10,13H2,1-2H3,(H2,24,25,27). The number of amides is 2. The summed E-state index contributed by atoms with van der Waals surface area (Å²) in [5, 5.41) is 8.72. The first-order valence-corrected chi connectivity index (χ1v) is 11.0. The molecule has 2 atom stereocenters. The summed E-state index contributed by atoms with van der Waals surface area (Å²) in [5.41, 5.74) is 1.45. The van der Waals surface area contributed by atoms with Gasteiger partial charge < -0.3 is 19.8 Å². The van der Waals surface area contributed by atoms with Gasteiger partial charge in [0.05, 0.1) is 25.3 Å². The quantitative estimate of drug-likeness (QED) is 0.608.